The predicted octanol–water partition coefficient (Wildman–Crippen LogP) is 3.39. The second-order valence-electron chi connectivity index (χ2n) is 5.47. The van der Waals surface area contributed by atoms with Gasteiger partial charge in [-0.3, -0.25) is 4.79 Å². The molecule has 3 aromatic rings. The van der Waals surface area contributed by atoms with E-state index in [1.54, 1.807) is 11.3 Å². The lowest BCUT2D eigenvalue weighted by atomic mass is 10.3. The van der Waals surface area contributed by atoms with Crippen molar-refractivity contribution in [1.82, 2.24) is 15.3 Å². The third-order valence-corrected chi connectivity index (χ3v) is 5.11. The van der Waals surface area contributed by atoms with Gasteiger partial charge in [-0.25, -0.2) is 9.97 Å². The van der Waals surface area contributed by atoms with Gasteiger partial charge in [0.15, 0.2) is 0 Å². The Labute approximate surface area is 154 Å². The van der Waals surface area contributed by atoms with Crippen LogP contribution in [-0.4, -0.2) is 22.4 Å². The number of para-hydroxylation sites is 1. The molecule has 1 amide bonds. The van der Waals surface area contributed by atoms with E-state index in [0.29, 0.717) is 13.2 Å². The minimum Gasteiger partial charge on any atom is -0.486 e. The molecule has 0 aliphatic carbocycles. The molecule has 0 spiro atoms. The quantitative estimate of drug-likeness (QED) is 0.657. The highest BCUT2D eigenvalue weighted by Gasteiger charge is 2.08. The van der Waals surface area contributed by atoms with Crippen LogP contribution in [0.2, 0.25) is 0 Å². The molecule has 7 heteroatoms. The molecule has 0 aliphatic rings. The number of ether oxygens (including phenoxy) is 1. The summed E-state index contributed by atoms with van der Waals surface area (Å²) >= 11 is 3.14. The molecule has 25 heavy (non-hydrogen) atoms. The molecule has 0 saturated heterocycles. The number of rotatable bonds is 8. The Morgan fingerprint density at radius 1 is 1.12 bits per heavy atom. The number of hydrogen-bond acceptors (Lipinski definition) is 6. The lowest BCUT2D eigenvalue weighted by Gasteiger charge is -2.03. The van der Waals surface area contributed by atoms with Crippen molar-refractivity contribution in [2.45, 2.75) is 26.4 Å². The van der Waals surface area contributed by atoms with Crippen LogP contribution in [0.3, 0.4) is 0 Å². The van der Waals surface area contributed by atoms with Crippen molar-refractivity contribution in [2.24, 2.45) is 0 Å². The summed E-state index contributed by atoms with van der Waals surface area (Å²) in [7, 11) is 0. The van der Waals surface area contributed by atoms with Crippen molar-refractivity contribution in [1.29, 1.82) is 0 Å². The first-order valence-electron chi connectivity index (χ1n) is 7.98. The minimum atomic E-state index is -0.0206. The van der Waals surface area contributed by atoms with Gasteiger partial charge < -0.3 is 10.1 Å². The van der Waals surface area contributed by atoms with Crippen molar-refractivity contribution in [3.63, 3.8) is 0 Å². The Hall–Kier alpha value is -2.25. The SMILES string of the molecule is Cc1nc(CCNC(=O)Cc2csc(COc3ccccc3)n2)cs1. The van der Waals surface area contributed by atoms with Gasteiger partial charge in [-0.2, -0.15) is 0 Å². The molecule has 2 heterocycles. The third-order valence-electron chi connectivity index (χ3n) is 3.42. The normalized spacial score (nSPS) is 10.6. The molecule has 0 fully saturated rings. The van der Waals surface area contributed by atoms with Crippen molar-refractivity contribution < 1.29 is 9.53 Å². The summed E-state index contributed by atoms with van der Waals surface area (Å²) in [6.07, 6.45) is 1.04. The van der Waals surface area contributed by atoms with Crippen LogP contribution >= 0.6 is 22.7 Å². The molecule has 1 aromatic carbocycles. The van der Waals surface area contributed by atoms with Gasteiger partial charge in [-0.1, -0.05) is 18.2 Å². The number of amides is 1. The fourth-order valence-electron chi connectivity index (χ4n) is 2.24. The van der Waals surface area contributed by atoms with E-state index in [0.717, 1.165) is 33.6 Å². The van der Waals surface area contributed by atoms with Crippen LogP contribution in [0.5, 0.6) is 5.75 Å². The second kappa shape index (κ2) is 8.73. The fourth-order valence-corrected chi connectivity index (χ4v) is 3.59. The lowest BCUT2D eigenvalue weighted by Crippen LogP contribution is -2.27. The number of thiazole rings is 2. The molecule has 3 rings (SSSR count). The van der Waals surface area contributed by atoms with E-state index in [4.69, 9.17) is 4.74 Å². The van der Waals surface area contributed by atoms with E-state index < -0.39 is 0 Å². The molecule has 2 aromatic heterocycles. The average molecular weight is 374 g/mol. The second-order valence-corrected chi connectivity index (χ2v) is 7.47. The standard InChI is InChI=1S/C18H19N3O2S2/c1-13-20-14(11-24-13)7-8-19-17(22)9-15-12-25-18(21-15)10-23-16-5-3-2-4-6-16/h2-6,11-12H,7-10H2,1H3,(H,19,22). The Bertz CT molecular complexity index is 815. The summed E-state index contributed by atoms with van der Waals surface area (Å²) in [5.74, 6) is 0.794. The maximum absolute atomic E-state index is 12.0. The maximum Gasteiger partial charge on any atom is 0.226 e. The van der Waals surface area contributed by atoms with Crippen LogP contribution in [0.25, 0.3) is 0 Å². The number of carbonyl (C=O) groups is 1. The zero-order valence-corrected chi connectivity index (χ0v) is 15.5. The van der Waals surface area contributed by atoms with E-state index >= 15 is 0 Å². The zero-order chi connectivity index (χ0) is 17.5. The molecule has 0 atom stereocenters. The van der Waals surface area contributed by atoms with Crippen LogP contribution in [0.15, 0.2) is 41.1 Å². The highest BCUT2D eigenvalue weighted by molar-refractivity contribution is 7.09. The number of hydrogen-bond donors (Lipinski definition) is 1. The number of nitrogens with one attached hydrogen (secondary N) is 1. The molecule has 0 saturated carbocycles. The first kappa shape index (κ1) is 17.6. The van der Waals surface area contributed by atoms with Crippen molar-refractivity contribution in [2.75, 3.05) is 6.54 Å². The monoisotopic (exact) mass is 373 g/mol. The highest BCUT2D eigenvalue weighted by atomic mass is 32.1. The molecular formula is C18H19N3O2S2. The van der Waals surface area contributed by atoms with Gasteiger partial charge >= 0.3 is 0 Å². The van der Waals surface area contributed by atoms with Gasteiger partial charge in [0.2, 0.25) is 5.91 Å². The summed E-state index contributed by atoms with van der Waals surface area (Å²) in [5.41, 5.74) is 1.80. The van der Waals surface area contributed by atoms with Crippen LogP contribution in [0.1, 0.15) is 21.4 Å². The third kappa shape index (κ3) is 5.65. The molecule has 0 bridgehead atoms. The van der Waals surface area contributed by atoms with Crippen LogP contribution in [0, 0.1) is 6.92 Å². The molecule has 5 nitrogen and oxygen atoms in total. The smallest absolute Gasteiger partial charge is 0.226 e. The van der Waals surface area contributed by atoms with Gasteiger partial charge in [0.05, 0.1) is 22.8 Å². The number of aromatic nitrogens is 2. The molecule has 0 unspecified atom stereocenters. The molecule has 0 aliphatic heterocycles. The molecule has 1 N–H and O–H groups in total. The average Bonchev–Trinajstić information content (AvgIpc) is 3.23. The van der Waals surface area contributed by atoms with E-state index in [1.807, 2.05) is 48.0 Å². The van der Waals surface area contributed by atoms with Gasteiger partial charge in [0.25, 0.3) is 0 Å². The number of nitrogens with zero attached hydrogens (tertiary/aromatic N) is 2. The van der Waals surface area contributed by atoms with Crippen LogP contribution < -0.4 is 10.1 Å². The number of benzene rings is 1. The Balaban J connectivity index is 1.40. The summed E-state index contributed by atoms with van der Waals surface area (Å²) in [5, 5.41) is 8.77. The van der Waals surface area contributed by atoms with Gasteiger partial charge in [0.1, 0.15) is 17.4 Å². The zero-order valence-electron chi connectivity index (χ0n) is 13.9. The fraction of sp³-hybridized carbons (Fsp3) is 0.278. The van der Waals surface area contributed by atoms with Gasteiger partial charge in [0, 0.05) is 23.7 Å². The van der Waals surface area contributed by atoms with Crippen LogP contribution in [0.4, 0.5) is 0 Å². The Morgan fingerprint density at radius 2 is 1.92 bits per heavy atom. The Kier molecular flexibility index (Phi) is 6.14. The van der Waals surface area contributed by atoms with E-state index in [-0.39, 0.29) is 12.3 Å². The largest absolute Gasteiger partial charge is 0.486 e. The van der Waals surface area contributed by atoms with Crippen molar-refractivity contribution in [3.8, 4) is 5.75 Å². The van der Waals surface area contributed by atoms with Gasteiger partial charge in [-0.05, 0) is 19.1 Å². The highest BCUT2D eigenvalue weighted by Crippen LogP contribution is 2.15. The summed E-state index contributed by atoms with van der Waals surface area (Å²) < 4.78 is 5.67. The maximum atomic E-state index is 12.0. The molecule has 130 valence electrons. The Morgan fingerprint density at radius 3 is 2.68 bits per heavy atom. The van der Waals surface area contributed by atoms with E-state index in [1.165, 1.54) is 11.3 Å². The van der Waals surface area contributed by atoms with E-state index in [2.05, 4.69) is 15.3 Å². The first-order chi connectivity index (χ1) is 12.2. The minimum absolute atomic E-state index is 0.0206. The van der Waals surface area contributed by atoms with Gasteiger partial charge in [-0.15, -0.1) is 22.7 Å². The predicted molar refractivity (Wildman–Crippen MR) is 100 cm³/mol. The molecular weight excluding hydrogens is 354 g/mol. The number of aryl methyl sites for hydroxylation is 1. The summed E-state index contributed by atoms with van der Waals surface area (Å²) in [4.78, 5) is 20.8. The van der Waals surface area contributed by atoms with Crippen molar-refractivity contribution >= 4 is 28.6 Å². The lowest BCUT2D eigenvalue weighted by molar-refractivity contribution is -0.120. The topological polar surface area (TPSA) is 64.1 Å². The summed E-state index contributed by atoms with van der Waals surface area (Å²) in [6.45, 7) is 2.99. The molecule has 0 radical (unpaired) electrons. The first-order valence-corrected chi connectivity index (χ1v) is 9.74. The number of carbonyl (C=O) groups excluding carboxylic acids is 1. The van der Waals surface area contributed by atoms with Crippen LogP contribution in [-0.2, 0) is 24.2 Å². The van der Waals surface area contributed by atoms with E-state index in [9.17, 15) is 4.79 Å². The summed E-state index contributed by atoms with van der Waals surface area (Å²) in [6, 6.07) is 9.62. The van der Waals surface area contributed by atoms with Crippen molar-refractivity contribution in [3.05, 3.63) is 62.5 Å².